The Morgan fingerprint density at radius 1 is 1.42 bits per heavy atom. The maximum atomic E-state index is 6.24. The van der Waals surface area contributed by atoms with Gasteiger partial charge in [-0.15, -0.1) is 0 Å². The average Bonchev–Trinajstić information content (AvgIpc) is 3.19. The number of rotatable bonds is 7. The van der Waals surface area contributed by atoms with Gasteiger partial charge < -0.3 is 10.2 Å². The van der Waals surface area contributed by atoms with Crippen LogP contribution >= 0.6 is 11.6 Å². The van der Waals surface area contributed by atoms with Gasteiger partial charge in [0.25, 0.3) is 0 Å². The molecule has 2 rings (SSSR count). The number of nitrogens with zero attached hydrogens (tertiary/aromatic N) is 2. The van der Waals surface area contributed by atoms with Crippen LogP contribution in [0, 0.1) is 0 Å². The lowest BCUT2D eigenvalue weighted by atomic mass is 10.3. The van der Waals surface area contributed by atoms with Gasteiger partial charge in [-0.05, 0) is 31.4 Å². The molecule has 0 saturated heterocycles. The molecule has 1 aromatic rings. The minimum atomic E-state index is 0.441. The summed E-state index contributed by atoms with van der Waals surface area (Å²) in [6.07, 6.45) is 3.74. The van der Waals surface area contributed by atoms with E-state index >= 15 is 0 Å². The highest BCUT2D eigenvalue weighted by molar-refractivity contribution is 6.31. The highest BCUT2D eigenvalue weighted by atomic mass is 35.5. The lowest BCUT2D eigenvalue weighted by molar-refractivity contribution is 0.581. The molecule has 0 amide bonds. The third-order valence-corrected chi connectivity index (χ3v) is 3.67. The van der Waals surface area contributed by atoms with Gasteiger partial charge in [-0.25, -0.2) is 4.98 Å². The van der Waals surface area contributed by atoms with Crippen LogP contribution in [0.25, 0.3) is 0 Å². The minimum absolute atomic E-state index is 0.441. The van der Waals surface area contributed by atoms with Crippen LogP contribution in [0.5, 0.6) is 0 Å². The van der Waals surface area contributed by atoms with Gasteiger partial charge in [0.2, 0.25) is 0 Å². The Balaban J connectivity index is 2.13. The molecule has 1 aliphatic rings. The van der Waals surface area contributed by atoms with E-state index < -0.39 is 0 Å². The third kappa shape index (κ3) is 4.08. The molecule has 0 atom stereocenters. The second kappa shape index (κ2) is 6.58. The van der Waals surface area contributed by atoms with E-state index in [9.17, 15) is 0 Å². The first-order valence-electron chi connectivity index (χ1n) is 7.27. The Morgan fingerprint density at radius 2 is 2.16 bits per heavy atom. The van der Waals surface area contributed by atoms with Gasteiger partial charge in [-0.3, -0.25) is 0 Å². The van der Waals surface area contributed by atoms with Crippen LogP contribution in [0.2, 0.25) is 5.02 Å². The van der Waals surface area contributed by atoms with Crippen LogP contribution in [0.3, 0.4) is 0 Å². The Morgan fingerprint density at radius 3 is 2.74 bits per heavy atom. The third-order valence-electron chi connectivity index (χ3n) is 3.33. The molecule has 0 spiro atoms. The highest BCUT2D eigenvalue weighted by Gasteiger charge is 2.29. The number of anilines is 1. The minimum Gasteiger partial charge on any atom is -0.354 e. The second-order valence-electron chi connectivity index (χ2n) is 5.56. The van der Waals surface area contributed by atoms with Crippen molar-refractivity contribution in [1.82, 2.24) is 10.3 Å². The van der Waals surface area contributed by atoms with E-state index in [4.69, 9.17) is 16.6 Å². The molecule has 1 heterocycles. The molecule has 0 unspecified atom stereocenters. The van der Waals surface area contributed by atoms with Gasteiger partial charge in [0, 0.05) is 25.2 Å². The molecular formula is C15H24ClN3. The Hall–Kier alpha value is -0.800. The van der Waals surface area contributed by atoms with E-state index in [1.165, 1.54) is 12.8 Å². The van der Waals surface area contributed by atoms with Crippen molar-refractivity contribution in [2.24, 2.45) is 0 Å². The largest absolute Gasteiger partial charge is 0.354 e. The Labute approximate surface area is 121 Å². The van der Waals surface area contributed by atoms with Crippen LogP contribution in [0.15, 0.2) is 12.1 Å². The fourth-order valence-corrected chi connectivity index (χ4v) is 2.34. The number of aromatic nitrogens is 1. The Kier molecular flexibility index (Phi) is 5.06. The fourth-order valence-electron chi connectivity index (χ4n) is 2.17. The number of hydrogen-bond acceptors (Lipinski definition) is 3. The Bertz CT molecular complexity index is 416. The summed E-state index contributed by atoms with van der Waals surface area (Å²) in [7, 11) is 0. The predicted molar refractivity (Wildman–Crippen MR) is 81.9 cm³/mol. The van der Waals surface area contributed by atoms with Crippen molar-refractivity contribution < 1.29 is 0 Å². The van der Waals surface area contributed by atoms with Crippen molar-refractivity contribution in [3.05, 3.63) is 22.8 Å². The lowest BCUT2D eigenvalue weighted by Gasteiger charge is -2.23. The first kappa shape index (κ1) is 14.6. The molecule has 4 heteroatoms. The van der Waals surface area contributed by atoms with Crippen LogP contribution in [0.1, 0.15) is 45.7 Å². The zero-order valence-corrected chi connectivity index (χ0v) is 12.9. The number of hydrogen-bond donors (Lipinski definition) is 1. The van der Waals surface area contributed by atoms with Crippen LogP contribution in [0.4, 0.5) is 5.82 Å². The van der Waals surface area contributed by atoms with Gasteiger partial charge in [0.15, 0.2) is 0 Å². The van der Waals surface area contributed by atoms with Gasteiger partial charge in [-0.1, -0.05) is 32.4 Å². The molecule has 19 heavy (non-hydrogen) atoms. The van der Waals surface area contributed by atoms with Gasteiger partial charge >= 0.3 is 0 Å². The van der Waals surface area contributed by atoms with E-state index in [2.05, 4.69) is 37.1 Å². The number of nitrogens with one attached hydrogen (secondary N) is 1. The smallest absolute Gasteiger partial charge is 0.129 e. The highest BCUT2D eigenvalue weighted by Crippen LogP contribution is 2.31. The first-order chi connectivity index (χ1) is 9.11. The first-order valence-corrected chi connectivity index (χ1v) is 7.65. The molecule has 1 N–H and O–H groups in total. The quantitative estimate of drug-likeness (QED) is 0.827. The van der Waals surface area contributed by atoms with E-state index in [1.54, 1.807) is 0 Å². The SMILES string of the molecule is CCCN(c1ccc(Cl)c(CNC(C)C)n1)C1CC1. The van der Waals surface area contributed by atoms with E-state index in [1.807, 2.05) is 6.07 Å². The molecule has 1 fully saturated rings. The fraction of sp³-hybridized carbons (Fsp3) is 0.667. The van der Waals surface area contributed by atoms with E-state index in [-0.39, 0.29) is 0 Å². The average molecular weight is 282 g/mol. The summed E-state index contributed by atoms with van der Waals surface area (Å²) >= 11 is 6.24. The van der Waals surface area contributed by atoms with Gasteiger partial charge in [-0.2, -0.15) is 0 Å². The molecule has 106 valence electrons. The van der Waals surface area contributed by atoms with Crippen molar-refractivity contribution in [3.63, 3.8) is 0 Å². The van der Waals surface area contributed by atoms with Crippen molar-refractivity contribution in [3.8, 4) is 0 Å². The van der Waals surface area contributed by atoms with Crippen LogP contribution in [-0.4, -0.2) is 23.6 Å². The molecule has 0 aliphatic heterocycles. The molecular weight excluding hydrogens is 258 g/mol. The summed E-state index contributed by atoms with van der Waals surface area (Å²) in [5, 5.41) is 4.13. The molecule has 1 aromatic heterocycles. The maximum Gasteiger partial charge on any atom is 0.129 e. The molecule has 0 bridgehead atoms. The summed E-state index contributed by atoms with van der Waals surface area (Å²) in [6.45, 7) is 8.29. The summed E-state index contributed by atoms with van der Waals surface area (Å²) in [4.78, 5) is 7.18. The summed E-state index contributed by atoms with van der Waals surface area (Å²) in [5.41, 5.74) is 0.953. The van der Waals surface area contributed by atoms with Gasteiger partial charge in [0.1, 0.15) is 5.82 Å². The molecule has 0 radical (unpaired) electrons. The zero-order chi connectivity index (χ0) is 13.8. The van der Waals surface area contributed by atoms with Gasteiger partial charge in [0.05, 0.1) is 10.7 Å². The summed E-state index contributed by atoms with van der Waals surface area (Å²) < 4.78 is 0. The monoisotopic (exact) mass is 281 g/mol. The van der Waals surface area contributed by atoms with Crippen molar-refractivity contribution >= 4 is 17.4 Å². The maximum absolute atomic E-state index is 6.24. The second-order valence-corrected chi connectivity index (χ2v) is 5.97. The van der Waals surface area contributed by atoms with Crippen LogP contribution < -0.4 is 10.2 Å². The summed E-state index contributed by atoms with van der Waals surface area (Å²) in [6, 6.07) is 5.16. The lowest BCUT2D eigenvalue weighted by Crippen LogP contribution is -2.28. The van der Waals surface area contributed by atoms with E-state index in [0.29, 0.717) is 12.1 Å². The molecule has 1 aliphatic carbocycles. The van der Waals surface area contributed by atoms with Crippen molar-refractivity contribution in [1.29, 1.82) is 0 Å². The zero-order valence-electron chi connectivity index (χ0n) is 12.1. The summed E-state index contributed by atoms with van der Waals surface area (Å²) in [5.74, 6) is 1.08. The standard InChI is InChI=1S/C15H24ClN3/c1-4-9-19(12-5-6-12)15-8-7-13(16)14(18-15)10-17-11(2)3/h7-8,11-12,17H,4-6,9-10H2,1-3H3. The topological polar surface area (TPSA) is 28.2 Å². The number of pyridine rings is 1. The van der Waals surface area contributed by atoms with E-state index in [0.717, 1.165) is 36.0 Å². The van der Waals surface area contributed by atoms with Crippen molar-refractivity contribution in [2.45, 2.75) is 58.7 Å². The normalized spacial score (nSPS) is 15.0. The molecule has 1 saturated carbocycles. The predicted octanol–water partition coefficient (Wildman–Crippen LogP) is 3.61. The number of halogens is 1. The molecule has 0 aromatic carbocycles. The van der Waals surface area contributed by atoms with Crippen molar-refractivity contribution in [2.75, 3.05) is 11.4 Å². The van der Waals surface area contributed by atoms with Crippen LogP contribution in [-0.2, 0) is 6.54 Å². The molecule has 3 nitrogen and oxygen atoms in total.